The van der Waals surface area contributed by atoms with Crippen molar-refractivity contribution in [1.29, 1.82) is 0 Å². The molecule has 37 heavy (non-hydrogen) atoms. The number of carboxylic acid groups (broad SMARTS) is 1. The molecule has 0 fully saturated rings. The van der Waals surface area contributed by atoms with E-state index >= 15 is 0 Å². The van der Waals surface area contributed by atoms with E-state index in [9.17, 15) is 14.4 Å². The number of carboxylic acids is 1. The molecule has 0 saturated carbocycles. The minimum absolute atomic E-state index is 0.118. The summed E-state index contributed by atoms with van der Waals surface area (Å²) in [6.45, 7) is 0. The van der Waals surface area contributed by atoms with Crippen molar-refractivity contribution in [3.63, 3.8) is 0 Å². The highest BCUT2D eigenvalue weighted by atomic mass is 16.4. The molecule has 3 aromatic rings. The van der Waals surface area contributed by atoms with Gasteiger partial charge in [0.2, 0.25) is 5.78 Å². The summed E-state index contributed by atoms with van der Waals surface area (Å²) < 4.78 is 0. The van der Waals surface area contributed by atoms with E-state index < -0.39 is 11.8 Å². The normalized spacial score (nSPS) is 16.5. The Labute approximate surface area is 212 Å². The average Bonchev–Trinajstić information content (AvgIpc) is 2.93. The number of anilines is 2. The van der Waals surface area contributed by atoms with Crippen LogP contribution in [0.5, 0.6) is 0 Å². The highest BCUT2D eigenvalue weighted by Gasteiger charge is 2.19. The van der Waals surface area contributed by atoms with Crippen LogP contribution in [-0.4, -0.2) is 34.1 Å². The van der Waals surface area contributed by atoms with Gasteiger partial charge in [-0.25, -0.2) is 4.79 Å². The van der Waals surface area contributed by atoms with Crippen molar-refractivity contribution < 1.29 is 19.5 Å². The second kappa shape index (κ2) is 10.1. The molecule has 0 spiro atoms. The smallest absolute Gasteiger partial charge is 0.339 e. The minimum Gasteiger partial charge on any atom is -0.478 e. The molecule has 0 unspecified atom stereocenters. The van der Waals surface area contributed by atoms with Gasteiger partial charge in [-0.15, -0.1) is 0 Å². The first-order valence-electron chi connectivity index (χ1n) is 11.3. The number of fused-ring (bicyclic) bond motifs is 1. The van der Waals surface area contributed by atoms with Crippen molar-refractivity contribution in [2.45, 2.75) is 0 Å². The molecule has 0 atom stereocenters. The zero-order valence-corrected chi connectivity index (χ0v) is 19.4. The number of hydrogen-bond donors (Lipinski definition) is 3. The van der Waals surface area contributed by atoms with Crippen LogP contribution in [0.25, 0.3) is 17.2 Å². The second-order valence-electron chi connectivity index (χ2n) is 8.22. The van der Waals surface area contributed by atoms with Crippen LogP contribution in [0, 0.1) is 0 Å². The third-order valence-corrected chi connectivity index (χ3v) is 5.78. The van der Waals surface area contributed by atoms with Crippen LogP contribution in [-0.2, 0) is 9.59 Å². The van der Waals surface area contributed by atoms with Crippen molar-refractivity contribution >= 4 is 46.4 Å². The van der Waals surface area contributed by atoms with E-state index in [1.54, 1.807) is 12.1 Å². The summed E-state index contributed by atoms with van der Waals surface area (Å²) in [4.78, 5) is 35.3. The van der Waals surface area contributed by atoms with Crippen LogP contribution >= 0.6 is 0 Å². The van der Waals surface area contributed by atoms with E-state index in [1.165, 1.54) is 18.2 Å². The number of allylic oxidation sites excluding steroid dienone is 4. The van der Waals surface area contributed by atoms with Crippen molar-refractivity contribution in [2.24, 2.45) is 10.2 Å². The highest BCUT2D eigenvalue weighted by molar-refractivity contribution is 6.52. The van der Waals surface area contributed by atoms with Crippen LogP contribution in [0.1, 0.15) is 15.9 Å². The zero-order chi connectivity index (χ0) is 25.8. The Morgan fingerprint density at radius 3 is 1.97 bits per heavy atom. The maximum atomic E-state index is 12.6. The first-order valence-corrected chi connectivity index (χ1v) is 11.3. The molecule has 8 heteroatoms. The van der Waals surface area contributed by atoms with E-state index in [4.69, 9.17) is 5.11 Å². The Bertz CT molecular complexity index is 1560. The van der Waals surface area contributed by atoms with Crippen molar-refractivity contribution in [3.8, 4) is 11.1 Å². The van der Waals surface area contributed by atoms with Gasteiger partial charge in [-0.1, -0.05) is 54.6 Å². The molecule has 8 nitrogen and oxygen atoms in total. The lowest BCUT2D eigenvalue weighted by molar-refractivity contribution is -0.134. The second-order valence-corrected chi connectivity index (χ2v) is 8.22. The number of hydrogen-bond acceptors (Lipinski definition) is 7. The maximum Gasteiger partial charge on any atom is 0.339 e. The molecule has 0 amide bonds. The predicted octanol–water partition coefficient (Wildman–Crippen LogP) is 4.95. The van der Waals surface area contributed by atoms with Gasteiger partial charge >= 0.3 is 5.97 Å². The maximum absolute atomic E-state index is 12.6. The Morgan fingerprint density at radius 2 is 1.32 bits per heavy atom. The van der Waals surface area contributed by atoms with Gasteiger partial charge in [-0.05, 0) is 65.3 Å². The quantitative estimate of drug-likeness (QED) is 0.257. The summed E-state index contributed by atoms with van der Waals surface area (Å²) in [5, 5.41) is 17.5. The summed E-state index contributed by atoms with van der Waals surface area (Å²) in [5.74, 6) is -1.97. The fourth-order valence-electron chi connectivity index (χ4n) is 3.80. The first-order chi connectivity index (χ1) is 18.0. The van der Waals surface area contributed by atoms with Gasteiger partial charge in [-0.3, -0.25) is 20.4 Å². The number of Topliss-reactive ketones (excluding diaryl/α,β-unsaturated/α-hetero) is 1. The molecule has 3 N–H and O–H groups in total. The highest BCUT2D eigenvalue weighted by Crippen LogP contribution is 2.24. The molecule has 0 bridgehead atoms. The molecular weight excluding hydrogens is 468 g/mol. The van der Waals surface area contributed by atoms with E-state index in [0.29, 0.717) is 22.7 Å². The number of carbonyl (C=O) groups is 3. The largest absolute Gasteiger partial charge is 0.478 e. The van der Waals surface area contributed by atoms with Gasteiger partial charge in [0.25, 0.3) is 0 Å². The standard InChI is InChI=1S/C29H20N4O4/c34-27-16-14-23(17-25(27)29(36)37)32-30-21-10-5-18(6-11-21)19-7-12-22(13-8-19)31-33-26-15-9-20-3-1-2-4-24(20)28(26)35/h1-17,30-31H,(H,36,37)/b32-23+,33-26+. The fourth-order valence-corrected chi connectivity index (χ4v) is 3.80. The molecule has 0 aliphatic heterocycles. The minimum atomic E-state index is -1.29. The monoisotopic (exact) mass is 488 g/mol. The SMILES string of the molecule is O=C(O)C1=C/C(=N/Nc2ccc(-c3ccc(N/N=C4\C=Cc5ccccc5C4=O)cc3)cc2)C=CC1=O. The number of carbonyl (C=O) groups excluding carboxylic acids is 2. The number of rotatable bonds is 6. The molecule has 2 aliphatic carbocycles. The molecule has 0 aromatic heterocycles. The fraction of sp³-hybridized carbons (Fsp3) is 0. The van der Waals surface area contributed by atoms with Crippen LogP contribution in [0.4, 0.5) is 11.4 Å². The molecule has 180 valence electrons. The summed E-state index contributed by atoms with van der Waals surface area (Å²) in [5.41, 5.74) is 11.1. The third-order valence-electron chi connectivity index (χ3n) is 5.78. The molecule has 0 saturated heterocycles. The summed E-state index contributed by atoms with van der Waals surface area (Å²) >= 11 is 0. The summed E-state index contributed by atoms with van der Waals surface area (Å²) in [7, 11) is 0. The molecule has 5 rings (SSSR count). The van der Waals surface area contributed by atoms with Gasteiger partial charge in [0.15, 0.2) is 5.78 Å². The van der Waals surface area contributed by atoms with Gasteiger partial charge in [0.1, 0.15) is 11.3 Å². The van der Waals surface area contributed by atoms with Crippen molar-refractivity contribution in [2.75, 3.05) is 10.9 Å². The van der Waals surface area contributed by atoms with Gasteiger partial charge < -0.3 is 5.11 Å². The molecule has 3 aromatic carbocycles. The molecule has 2 aliphatic rings. The number of benzene rings is 3. The topological polar surface area (TPSA) is 120 Å². The number of nitrogens with zero attached hydrogens (tertiary/aromatic N) is 2. The predicted molar refractivity (Wildman–Crippen MR) is 144 cm³/mol. The van der Waals surface area contributed by atoms with Crippen LogP contribution in [0.15, 0.2) is 113 Å². The van der Waals surface area contributed by atoms with Crippen molar-refractivity contribution in [1.82, 2.24) is 0 Å². The number of nitrogens with one attached hydrogen (secondary N) is 2. The van der Waals surface area contributed by atoms with Crippen molar-refractivity contribution in [3.05, 3.63) is 114 Å². The van der Waals surface area contributed by atoms with E-state index in [2.05, 4.69) is 21.1 Å². The molecule has 0 heterocycles. The lowest BCUT2D eigenvalue weighted by Gasteiger charge is -2.11. The third kappa shape index (κ3) is 5.18. The van der Waals surface area contributed by atoms with E-state index in [-0.39, 0.29) is 11.4 Å². The Hall–Kier alpha value is -5.37. The van der Waals surface area contributed by atoms with Gasteiger partial charge in [0.05, 0.1) is 17.1 Å². The van der Waals surface area contributed by atoms with E-state index in [1.807, 2.05) is 72.8 Å². The number of ketones is 2. The zero-order valence-electron chi connectivity index (χ0n) is 19.4. The Balaban J connectivity index is 1.22. The number of aliphatic carboxylic acids is 1. The van der Waals surface area contributed by atoms with Crippen LogP contribution in [0.2, 0.25) is 0 Å². The lowest BCUT2D eigenvalue weighted by Crippen LogP contribution is -2.17. The molecular formula is C29H20N4O4. The van der Waals surface area contributed by atoms with Gasteiger partial charge in [0, 0.05) is 5.56 Å². The Kier molecular flexibility index (Phi) is 6.37. The average molecular weight is 489 g/mol. The summed E-state index contributed by atoms with van der Waals surface area (Å²) in [6, 6.07) is 22.6. The van der Waals surface area contributed by atoms with Gasteiger partial charge in [-0.2, -0.15) is 10.2 Å². The van der Waals surface area contributed by atoms with Crippen LogP contribution < -0.4 is 10.9 Å². The lowest BCUT2D eigenvalue weighted by atomic mass is 9.95. The van der Waals surface area contributed by atoms with Crippen LogP contribution in [0.3, 0.4) is 0 Å². The summed E-state index contributed by atoms with van der Waals surface area (Å²) in [6.07, 6.45) is 7.45. The Morgan fingerprint density at radius 1 is 0.703 bits per heavy atom. The van der Waals surface area contributed by atoms with E-state index in [0.717, 1.165) is 22.4 Å². The molecule has 0 radical (unpaired) electrons. The first kappa shape index (κ1) is 23.4. The number of hydrazone groups is 2.